The van der Waals surface area contributed by atoms with Crippen LogP contribution in [0.1, 0.15) is 38.7 Å². The van der Waals surface area contributed by atoms with Crippen LogP contribution in [0.4, 0.5) is 0 Å². The first-order valence-corrected chi connectivity index (χ1v) is 6.90. The molecule has 0 aliphatic rings. The number of carbonyl (C=O) groups is 2. The standard InChI is InChI=1S/C15H20N2O5/c1-10(2)21-12-8-6-11(7-9-12)15(16)17-22-14(20)5-3-4-13(18)19/h6-10H,3-5H2,1-2H3,(H2,16,17)(H,18,19). The van der Waals surface area contributed by atoms with E-state index in [4.69, 9.17) is 15.6 Å². The number of carboxylic acid groups (broad SMARTS) is 1. The number of rotatable bonds is 8. The molecule has 0 unspecified atom stereocenters. The zero-order valence-electron chi connectivity index (χ0n) is 12.6. The molecule has 0 atom stereocenters. The minimum absolute atomic E-state index is 0.0236. The summed E-state index contributed by atoms with van der Waals surface area (Å²) in [4.78, 5) is 26.3. The molecule has 0 bridgehead atoms. The second kappa shape index (κ2) is 8.66. The van der Waals surface area contributed by atoms with Crippen LogP contribution in [0.25, 0.3) is 0 Å². The van der Waals surface area contributed by atoms with Crippen molar-refractivity contribution in [1.82, 2.24) is 0 Å². The van der Waals surface area contributed by atoms with Crippen molar-refractivity contribution >= 4 is 17.8 Å². The van der Waals surface area contributed by atoms with Gasteiger partial charge >= 0.3 is 11.9 Å². The number of benzene rings is 1. The van der Waals surface area contributed by atoms with Gasteiger partial charge in [0.25, 0.3) is 0 Å². The third-order valence-corrected chi connectivity index (χ3v) is 2.54. The maximum Gasteiger partial charge on any atom is 0.335 e. The Hall–Kier alpha value is -2.57. The van der Waals surface area contributed by atoms with Crippen LogP contribution in [0.15, 0.2) is 29.4 Å². The van der Waals surface area contributed by atoms with Crippen molar-refractivity contribution in [3.63, 3.8) is 0 Å². The molecule has 7 nitrogen and oxygen atoms in total. The third-order valence-electron chi connectivity index (χ3n) is 2.54. The number of hydrogen-bond donors (Lipinski definition) is 2. The lowest BCUT2D eigenvalue weighted by atomic mass is 10.2. The number of oxime groups is 1. The molecule has 1 aromatic carbocycles. The summed E-state index contributed by atoms with van der Waals surface area (Å²) in [5.74, 6) is -0.816. The van der Waals surface area contributed by atoms with Crippen molar-refractivity contribution in [1.29, 1.82) is 0 Å². The molecule has 0 saturated heterocycles. The van der Waals surface area contributed by atoms with Crippen molar-refractivity contribution in [3.8, 4) is 5.75 Å². The molecule has 1 rings (SSSR count). The van der Waals surface area contributed by atoms with Gasteiger partial charge in [-0.1, -0.05) is 5.16 Å². The van der Waals surface area contributed by atoms with E-state index in [0.717, 1.165) is 0 Å². The molecular weight excluding hydrogens is 288 g/mol. The van der Waals surface area contributed by atoms with E-state index in [0.29, 0.717) is 11.3 Å². The van der Waals surface area contributed by atoms with Crippen LogP contribution in [-0.4, -0.2) is 29.0 Å². The van der Waals surface area contributed by atoms with Crippen LogP contribution in [-0.2, 0) is 14.4 Å². The number of hydrogen-bond acceptors (Lipinski definition) is 5. The molecule has 120 valence electrons. The molecule has 0 radical (unpaired) electrons. The van der Waals surface area contributed by atoms with Crippen molar-refractivity contribution in [2.45, 2.75) is 39.2 Å². The first-order chi connectivity index (χ1) is 10.4. The number of nitrogens with zero attached hydrogens (tertiary/aromatic N) is 1. The molecule has 0 saturated carbocycles. The van der Waals surface area contributed by atoms with Gasteiger partial charge in [0.1, 0.15) is 5.75 Å². The highest BCUT2D eigenvalue weighted by molar-refractivity contribution is 5.97. The van der Waals surface area contributed by atoms with Crippen molar-refractivity contribution in [2.24, 2.45) is 10.9 Å². The van der Waals surface area contributed by atoms with E-state index in [9.17, 15) is 9.59 Å². The summed E-state index contributed by atoms with van der Waals surface area (Å²) < 4.78 is 5.50. The number of ether oxygens (including phenoxy) is 1. The van der Waals surface area contributed by atoms with Crippen LogP contribution in [0.2, 0.25) is 0 Å². The molecule has 7 heteroatoms. The Morgan fingerprint density at radius 1 is 1.23 bits per heavy atom. The summed E-state index contributed by atoms with van der Waals surface area (Å²) in [6.45, 7) is 3.85. The largest absolute Gasteiger partial charge is 0.491 e. The molecule has 0 aliphatic carbocycles. The molecule has 1 aromatic rings. The molecule has 0 heterocycles. The topological polar surface area (TPSA) is 111 Å². The molecule has 0 aliphatic heterocycles. The van der Waals surface area contributed by atoms with E-state index in [2.05, 4.69) is 9.99 Å². The Morgan fingerprint density at radius 2 is 1.86 bits per heavy atom. The maximum atomic E-state index is 11.3. The highest BCUT2D eigenvalue weighted by atomic mass is 16.7. The fourth-order valence-electron chi connectivity index (χ4n) is 1.56. The Morgan fingerprint density at radius 3 is 2.41 bits per heavy atom. The molecular formula is C15H20N2O5. The van der Waals surface area contributed by atoms with Crippen LogP contribution in [0, 0.1) is 0 Å². The molecule has 0 amide bonds. The number of carbonyl (C=O) groups excluding carboxylic acids is 1. The van der Waals surface area contributed by atoms with Crippen molar-refractivity contribution < 1.29 is 24.3 Å². The summed E-state index contributed by atoms with van der Waals surface area (Å²) in [6.07, 6.45) is 0.157. The van der Waals surface area contributed by atoms with Gasteiger partial charge in [-0.15, -0.1) is 0 Å². The number of nitrogens with two attached hydrogens (primary N) is 1. The fourth-order valence-corrected chi connectivity index (χ4v) is 1.56. The summed E-state index contributed by atoms with van der Waals surface area (Å²) in [6, 6.07) is 6.89. The Labute approximate surface area is 128 Å². The Kier molecular flexibility index (Phi) is 6.88. The Balaban J connectivity index is 2.50. The average molecular weight is 308 g/mol. The van der Waals surface area contributed by atoms with Crippen molar-refractivity contribution in [2.75, 3.05) is 0 Å². The smallest absolute Gasteiger partial charge is 0.335 e. The van der Waals surface area contributed by atoms with Gasteiger partial charge in [-0.2, -0.15) is 0 Å². The van der Waals surface area contributed by atoms with E-state index in [1.54, 1.807) is 24.3 Å². The number of amidine groups is 1. The van der Waals surface area contributed by atoms with Crippen LogP contribution in [0.5, 0.6) is 5.75 Å². The first kappa shape index (κ1) is 17.5. The lowest BCUT2D eigenvalue weighted by Crippen LogP contribution is -2.15. The number of aliphatic carboxylic acids is 1. The normalized spacial score (nSPS) is 11.3. The highest BCUT2D eigenvalue weighted by Gasteiger charge is 2.07. The summed E-state index contributed by atoms with van der Waals surface area (Å²) >= 11 is 0. The van der Waals surface area contributed by atoms with Gasteiger partial charge in [-0.05, 0) is 44.5 Å². The first-order valence-electron chi connectivity index (χ1n) is 6.90. The van der Waals surface area contributed by atoms with E-state index < -0.39 is 11.9 Å². The Bertz CT molecular complexity index is 537. The monoisotopic (exact) mass is 308 g/mol. The third kappa shape index (κ3) is 6.74. The van der Waals surface area contributed by atoms with Crippen LogP contribution < -0.4 is 10.5 Å². The van der Waals surface area contributed by atoms with Gasteiger partial charge in [0.2, 0.25) is 0 Å². The van der Waals surface area contributed by atoms with Gasteiger partial charge in [0.15, 0.2) is 5.84 Å². The molecule has 22 heavy (non-hydrogen) atoms. The predicted octanol–water partition coefficient (Wildman–Crippen LogP) is 1.89. The van der Waals surface area contributed by atoms with Crippen LogP contribution in [0.3, 0.4) is 0 Å². The van der Waals surface area contributed by atoms with Gasteiger partial charge in [-0.25, -0.2) is 4.79 Å². The quantitative estimate of drug-likeness (QED) is 0.328. The van der Waals surface area contributed by atoms with E-state index in [1.165, 1.54) is 0 Å². The van der Waals surface area contributed by atoms with E-state index in [-0.39, 0.29) is 31.2 Å². The SMILES string of the molecule is CC(C)Oc1ccc(/C(N)=N/OC(=O)CCCC(=O)O)cc1. The van der Waals surface area contributed by atoms with E-state index in [1.807, 2.05) is 13.8 Å². The lowest BCUT2D eigenvalue weighted by Gasteiger charge is -2.09. The molecule has 0 aromatic heterocycles. The van der Waals surface area contributed by atoms with Gasteiger partial charge in [-0.3, -0.25) is 4.79 Å². The van der Waals surface area contributed by atoms with Gasteiger partial charge in [0.05, 0.1) is 6.10 Å². The highest BCUT2D eigenvalue weighted by Crippen LogP contribution is 2.13. The summed E-state index contributed by atoms with van der Waals surface area (Å²) in [7, 11) is 0. The minimum atomic E-state index is -0.959. The summed E-state index contributed by atoms with van der Waals surface area (Å²) in [5, 5.41) is 12.0. The zero-order valence-corrected chi connectivity index (χ0v) is 12.6. The van der Waals surface area contributed by atoms with Gasteiger partial charge < -0.3 is 20.4 Å². The van der Waals surface area contributed by atoms with E-state index >= 15 is 0 Å². The fraction of sp³-hybridized carbons (Fsp3) is 0.400. The predicted molar refractivity (Wildman–Crippen MR) is 80.5 cm³/mol. The minimum Gasteiger partial charge on any atom is -0.491 e. The second-order valence-corrected chi connectivity index (χ2v) is 4.88. The summed E-state index contributed by atoms with van der Waals surface area (Å²) in [5.41, 5.74) is 6.30. The van der Waals surface area contributed by atoms with Crippen LogP contribution >= 0.6 is 0 Å². The van der Waals surface area contributed by atoms with Gasteiger partial charge in [0, 0.05) is 18.4 Å². The number of carboxylic acids is 1. The second-order valence-electron chi connectivity index (χ2n) is 4.88. The maximum absolute atomic E-state index is 11.3. The molecule has 0 spiro atoms. The lowest BCUT2D eigenvalue weighted by molar-refractivity contribution is -0.144. The average Bonchev–Trinajstić information content (AvgIpc) is 2.44. The van der Waals surface area contributed by atoms with Crippen molar-refractivity contribution in [3.05, 3.63) is 29.8 Å². The molecule has 3 N–H and O–H groups in total. The zero-order chi connectivity index (χ0) is 16.5. The molecule has 0 fully saturated rings.